The van der Waals surface area contributed by atoms with E-state index in [9.17, 15) is 9.59 Å². The summed E-state index contributed by atoms with van der Waals surface area (Å²) in [6.07, 6.45) is 4.87. The summed E-state index contributed by atoms with van der Waals surface area (Å²) in [6, 6.07) is 0. The maximum atomic E-state index is 11.3. The zero-order valence-corrected chi connectivity index (χ0v) is 13.9. The second kappa shape index (κ2) is 12.5. The van der Waals surface area contributed by atoms with Crippen LogP contribution in [0.1, 0.15) is 13.3 Å². The fourth-order valence-corrected chi connectivity index (χ4v) is 1.91. The number of hydrogen-bond acceptors (Lipinski definition) is 5. The summed E-state index contributed by atoms with van der Waals surface area (Å²) in [4.78, 5) is 22.3. The van der Waals surface area contributed by atoms with Crippen LogP contribution in [0.3, 0.4) is 0 Å². The van der Waals surface area contributed by atoms with E-state index in [-0.39, 0.29) is 19.8 Å². The lowest BCUT2D eigenvalue weighted by Crippen LogP contribution is -2.29. The topological polar surface area (TPSA) is 73.9 Å². The van der Waals surface area contributed by atoms with Gasteiger partial charge in [0.05, 0.1) is 32.3 Å². The number of esters is 1. The number of carbonyl (C=O) groups excluding carboxylic acids is 2. The van der Waals surface area contributed by atoms with Gasteiger partial charge in [-0.1, -0.05) is 6.58 Å². The van der Waals surface area contributed by atoms with E-state index in [2.05, 4.69) is 24.4 Å². The van der Waals surface area contributed by atoms with Gasteiger partial charge in [0.1, 0.15) is 19.0 Å². The van der Waals surface area contributed by atoms with E-state index in [0.717, 1.165) is 12.2 Å². The molecule has 122 valence electrons. The highest BCUT2D eigenvalue weighted by atomic mass is 32.2. The molecule has 1 amide bonds. The third-order valence-electron chi connectivity index (χ3n) is 2.26. The number of hydrogen-bond donors (Lipinski definition) is 1. The molecule has 0 saturated carbocycles. The fourth-order valence-electron chi connectivity index (χ4n) is 1.22. The Hall–Kier alpha value is -1.21. The molecule has 0 aromatic rings. The molecular weight excluding hydrogens is 294 g/mol. The van der Waals surface area contributed by atoms with E-state index in [1.165, 1.54) is 0 Å². The molecular formula is C14H26NO5S+. The fraction of sp³-hybridized carbons (Fsp3) is 0.714. The predicted octanol–water partition coefficient (Wildman–Crippen LogP) is 1.12. The summed E-state index contributed by atoms with van der Waals surface area (Å²) < 4.78 is 15.0. The minimum Gasteiger partial charge on any atom is -0.460 e. The molecule has 6 nitrogen and oxygen atoms in total. The van der Waals surface area contributed by atoms with Gasteiger partial charge < -0.3 is 19.5 Å². The first-order chi connectivity index (χ1) is 9.93. The quantitative estimate of drug-likeness (QED) is 0.267. The summed E-state index contributed by atoms with van der Waals surface area (Å²) in [5.74, 6) is 0.685. The Morgan fingerprint density at radius 2 is 1.81 bits per heavy atom. The van der Waals surface area contributed by atoms with Crippen LogP contribution < -0.4 is 5.32 Å². The summed E-state index contributed by atoms with van der Waals surface area (Å²) in [5.41, 5.74) is 0.327. The Balaban J connectivity index is 3.35. The average molecular weight is 320 g/mol. The van der Waals surface area contributed by atoms with Gasteiger partial charge in [-0.25, -0.2) is 9.59 Å². The molecule has 0 aliphatic heterocycles. The molecule has 0 rings (SSSR count). The van der Waals surface area contributed by atoms with Crippen LogP contribution in [0.2, 0.25) is 0 Å². The normalized spacial score (nSPS) is 10.3. The maximum absolute atomic E-state index is 11.3. The molecule has 0 atom stereocenters. The Bertz CT molecular complexity index is 333. The molecule has 0 aromatic carbocycles. The summed E-state index contributed by atoms with van der Waals surface area (Å²) in [5, 5.41) is 2.47. The van der Waals surface area contributed by atoms with E-state index in [1.807, 2.05) is 0 Å². The molecule has 0 radical (unpaired) electrons. The lowest BCUT2D eigenvalue weighted by Gasteiger charge is -2.08. The number of rotatable bonds is 11. The smallest absolute Gasteiger partial charge is 0.407 e. The zero-order chi connectivity index (χ0) is 16.1. The largest absolute Gasteiger partial charge is 0.460 e. The number of nitrogens with one attached hydrogen (secondary N) is 1. The first kappa shape index (κ1) is 19.8. The Morgan fingerprint density at radius 1 is 1.10 bits per heavy atom. The number of ether oxygens (including phenoxy) is 3. The van der Waals surface area contributed by atoms with Crippen molar-refractivity contribution in [1.82, 2.24) is 5.32 Å². The SMILES string of the molecule is C=C(C)C(=O)OCCNC(=O)OCCOCCC[S+](C)C. The van der Waals surface area contributed by atoms with E-state index in [4.69, 9.17) is 14.2 Å². The Kier molecular flexibility index (Phi) is 11.8. The number of carbonyl (C=O) groups is 2. The van der Waals surface area contributed by atoms with Crippen molar-refractivity contribution < 1.29 is 23.8 Å². The zero-order valence-electron chi connectivity index (χ0n) is 13.1. The van der Waals surface area contributed by atoms with Crippen LogP contribution in [-0.4, -0.2) is 63.3 Å². The van der Waals surface area contributed by atoms with Gasteiger partial charge in [-0.2, -0.15) is 0 Å². The lowest BCUT2D eigenvalue weighted by atomic mass is 10.4. The summed E-state index contributed by atoms with van der Waals surface area (Å²) >= 11 is 0. The van der Waals surface area contributed by atoms with Gasteiger partial charge in [-0.3, -0.25) is 0 Å². The van der Waals surface area contributed by atoms with Gasteiger partial charge in [-0.15, -0.1) is 0 Å². The maximum Gasteiger partial charge on any atom is 0.407 e. The highest BCUT2D eigenvalue weighted by molar-refractivity contribution is 7.95. The van der Waals surface area contributed by atoms with Crippen molar-refractivity contribution >= 4 is 23.0 Å². The first-order valence-corrected chi connectivity index (χ1v) is 8.99. The third kappa shape index (κ3) is 13.5. The molecule has 0 aromatic heterocycles. The van der Waals surface area contributed by atoms with Crippen molar-refractivity contribution in [2.75, 3.05) is 51.2 Å². The number of alkyl carbamates (subject to hydrolysis) is 1. The van der Waals surface area contributed by atoms with E-state index in [1.54, 1.807) is 6.92 Å². The standard InChI is InChI=1S/C14H25NO5S/c1-12(2)13(16)19-8-6-15-14(17)20-10-9-18-7-5-11-21(3)4/h1,5-11H2,2-4H3/p+1. The lowest BCUT2D eigenvalue weighted by molar-refractivity contribution is -0.138. The predicted molar refractivity (Wildman–Crippen MR) is 84.6 cm³/mol. The van der Waals surface area contributed by atoms with Crippen LogP contribution in [0.25, 0.3) is 0 Å². The van der Waals surface area contributed by atoms with Crippen LogP contribution in [0, 0.1) is 0 Å². The molecule has 21 heavy (non-hydrogen) atoms. The van der Waals surface area contributed by atoms with Crippen LogP contribution >= 0.6 is 0 Å². The highest BCUT2D eigenvalue weighted by Crippen LogP contribution is 1.92. The second-order valence-corrected chi connectivity index (χ2v) is 7.01. The van der Waals surface area contributed by atoms with Crippen molar-refractivity contribution in [2.24, 2.45) is 0 Å². The van der Waals surface area contributed by atoms with Gasteiger partial charge in [0.15, 0.2) is 0 Å². The van der Waals surface area contributed by atoms with Crippen LogP contribution in [0.4, 0.5) is 4.79 Å². The molecule has 0 aliphatic rings. The first-order valence-electron chi connectivity index (χ1n) is 6.78. The van der Waals surface area contributed by atoms with Gasteiger partial charge in [0.2, 0.25) is 0 Å². The van der Waals surface area contributed by atoms with Gasteiger partial charge in [-0.05, 0) is 17.8 Å². The molecule has 0 heterocycles. The second-order valence-electron chi connectivity index (χ2n) is 4.63. The van der Waals surface area contributed by atoms with Gasteiger partial charge >= 0.3 is 12.1 Å². The summed E-state index contributed by atoms with van der Waals surface area (Å²) in [7, 11) is 0.442. The molecule has 0 bridgehead atoms. The molecule has 1 N–H and O–H groups in total. The third-order valence-corrected chi connectivity index (χ3v) is 3.36. The van der Waals surface area contributed by atoms with Crippen LogP contribution in [0.15, 0.2) is 12.2 Å². The van der Waals surface area contributed by atoms with Crippen molar-refractivity contribution in [1.29, 1.82) is 0 Å². The van der Waals surface area contributed by atoms with Crippen molar-refractivity contribution in [3.05, 3.63) is 12.2 Å². The van der Waals surface area contributed by atoms with Crippen molar-refractivity contribution in [3.8, 4) is 0 Å². The average Bonchev–Trinajstić information content (AvgIpc) is 2.41. The number of amides is 1. The van der Waals surface area contributed by atoms with Gasteiger partial charge in [0, 0.05) is 12.0 Å². The minimum atomic E-state index is -0.548. The molecule has 0 saturated heterocycles. The molecule has 0 unspecified atom stereocenters. The summed E-state index contributed by atoms with van der Waals surface area (Å²) in [6.45, 7) is 6.59. The van der Waals surface area contributed by atoms with E-state index in [0.29, 0.717) is 29.7 Å². The highest BCUT2D eigenvalue weighted by Gasteiger charge is 2.05. The van der Waals surface area contributed by atoms with E-state index >= 15 is 0 Å². The molecule has 0 spiro atoms. The monoisotopic (exact) mass is 320 g/mol. The molecule has 0 aliphatic carbocycles. The van der Waals surface area contributed by atoms with Crippen molar-refractivity contribution in [2.45, 2.75) is 13.3 Å². The van der Waals surface area contributed by atoms with Crippen LogP contribution in [0.5, 0.6) is 0 Å². The minimum absolute atomic E-state index is 0.0905. The van der Waals surface area contributed by atoms with Crippen molar-refractivity contribution in [3.63, 3.8) is 0 Å². The Morgan fingerprint density at radius 3 is 2.43 bits per heavy atom. The molecule has 0 fully saturated rings. The Labute approximate surface area is 129 Å². The van der Waals surface area contributed by atoms with Gasteiger partial charge in [0.25, 0.3) is 0 Å². The van der Waals surface area contributed by atoms with E-state index < -0.39 is 12.1 Å². The molecule has 7 heteroatoms. The van der Waals surface area contributed by atoms with Crippen LogP contribution in [-0.2, 0) is 29.9 Å².